The van der Waals surface area contributed by atoms with Crippen LogP contribution in [-0.4, -0.2) is 70.0 Å². The molecule has 0 spiro atoms. The Morgan fingerprint density at radius 3 is 1.10 bits per heavy atom. The maximum atomic E-state index is 12.8. The van der Waals surface area contributed by atoms with E-state index in [4.69, 9.17) is 18.5 Å². The fourth-order valence-electron chi connectivity index (χ4n) is 8.17. The van der Waals surface area contributed by atoms with Gasteiger partial charge in [-0.1, -0.05) is 245 Å². The molecule has 78 heavy (non-hydrogen) atoms. The molecule has 0 aromatic heterocycles. The van der Waals surface area contributed by atoms with Gasteiger partial charge in [0.15, 0.2) is 6.10 Å². The molecule has 0 amide bonds. The summed E-state index contributed by atoms with van der Waals surface area (Å²) in [7, 11) is 1.13. The third-order valence-corrected chi connectivity index (χ3v) is 13.9. The van der Waals surface area contributed by atoms with Crippen LogP contribution in [0.2, 0.25) is 0 Å². The second-order valence-electron chi connectivity index (χ2n) is 21.7. The van der Waals surface area contributed by atoms with E-state index >= 15 is 0 Å². The summed E-state index contributed by atoms with van der Waals surface area (Å²) >= 11 is 0. The zero-order valence-corrected chi connectivity index (χ0v) is 51.5. The number of allylic oxidation sites excluding steroid dienone is 20. The van der Waals surface area contributed by atoms with Crippen molar-refractivity contribution in [2.75, 3.05) is 47.5 Å². The number of ether oxygens (including phenoxy) is 2. The first-order chi connectivity index (χ1) is 38.0. The average molecular weight is 1110 g/mol. The molecule has 2 atom stereocenters. The third-order valence-electron chi connectivity index (χ3n) is 13.0. The molecule has 0 radical (unpaired) electrons. The number of nitrogens with zero attached hydrogens (tertiary/aromatic N) is 1. The van der Waals surface area contributed by atoms with Crippen molar-refractivity contribution >= 4 is 19.8 Å². The summed E-state index contributed by atoms with van der Waals surface area (Å²) < 4.78 is 34.2. The standard InChI is InChI=1S/C68H116NO8P/c1-6-8-10-12-14-16-18-20-22-24-26-28-30-32-33-34-35-37-38-40-42-44-46-48-50-52-54-56-58-60-67(70)74-64-66(65-76-78(72,73)75-63-62-69(3,4)5)77-68(71)61-59-57-55-53-51-49-47-45-43-41-39-36-31-29-27-25-23-21-19-17-15-13-11-9-7-2/h9,11,15,17-18,20-21,23-24,26-27,29-30,32,36,39,43,45,49,51,66H,6-8,10,12-14,16,19,22,25,28,31,33-35,37-38,40-42,44,46-48,50,52-65H2,1-5H3/b11-9-,17-15-,20-18-,23-21-,26-24-,29-27-,32-30-,39-36-,45-43-,51-49-. The van der Waals surface area contributed by atoms with Gasteiger partial charge in [0.1, 0.15) is 19.8 Å². The highest BCUT2D eigenvalue weighted by Gasteiger charge is 2.22. The predicted molar refractivity (Wildman–Crippen MR) is 332 cm³/mol. The smallest absolute Gasteiger partial charge is 0.306 e. The van der Waals surface area contributed by atoms with Crippen molar-refractivity contribution in [2.24, 2.45) is 0 Å². The lowest BCUT2D eigenvalue weighted by molar-refractivity contribution is -0.870. The molecule has 0 fully saturated rings. The van der Waals surface area contributed by atoms with E-state index < -0.39 is 32.5 Å². The largest absolute Gasteiger partial charge is 0.756 e. The predicted octanol–water partition coefficient (Wildman–Crippen LogP) is 19.3. The van der Waals surface area contributed by atoms with Crippen molar-refractivity contribution < 1.29 is 42.1 Å². The number of carbonyl (C=O) groups is 2. The van der Waals surface area contributed by atoms with Gasteiger partial charge in [0.05, 0.1) is 27.7 Å². The number of quaternary nitrogens is 1. The Hall–Kier alpha value is -3.59. The molecule has 0 aromatic rings. The molecule has 0 heterocycles. The van der Waals surface area contributed by atoms with E-state index in [1.165, 1.54) is 116 Å². The number of phosphoric acid groups is 1. The Bertz CT molecular complexity index is 1730. The Balaban J connectivity index is 4.21. The molecule has 0 bridgehead atoms. The van der Waals surface area contributed by atoms with Gasteiger partial charge in [-0.05, 0) is 109 Å². The van der Waals surface area contributed by atoms with E-state index in [0.717, 1.165) is 96.3 Å². The molecule has 9 nitrogen and oxygen atoms in total. The normalized spacial score (nSPS) is 14.1. The first-order valence-corrected chi connectivity index (χ1v) is 32.7. The zero-order chi connectivity index (χ0) is 57.0. The highest BCUT2D eigenvalue weighted by atomic mass is 31.2. The lowest BCUT2D eigenvalue weighted by atomic mass is 10.0. The van der Waals surface area contributed by atoms with Crippen LogP contribution in [0.15, 0.2) is 122 Å². The summed E-state index contributed by atoms with van der Waals surface area (Å²) in [5, 5.41) is 0. The molecule has 2 unspecified atom stereocenters. The highest BCUT2D eigenvalue weighted by molar-refractivity contribution is 7.45. The topological polar surface area (TPSA) is 111 Å². The van der Waals surface area contributed by atoms with Crippen molar-refractivity contribution in [2.45, 2.75) is 251 Å². The van der Waals surface area contributed by atoms with Gasteiger partial charge in [0.2, 0.25) is 0 Å². The average Bonchev–Trinajstić information content (AvgIpc) is 3.40. The lowest BCUT2D eigenvalue weighted by Crippen LogP contribution is -2.37. The monoisotopic (exact) mass is 1110 g/mol. The molecule has 0 aliphatic carbocycles. The van der Waals surface area contributed by atoms with Crippen LogP contribution in [0, 0.1) is 0 Å². The van der Waals surface area contributed by atoms with Crippen LogP contribution in [0.1, 0.15) is 245 Å². The van der Waals surface area contributed by atoms with Crippen molar-refractivity contribution in [3.05, 3.63) is 122 Å². The summed E-state index contributed by atoms with van der Waals surface area (Å²) in [6, 6.07) is 0. The van der Waals surface area contributed by atoms with Gasteiger partial charge in [-0.25, -0.2) is 0 Å². The molecule has 0 aromatic carbocycles. The fraction of sp³-hybridized carbons (Fsp3) is 0.676. The minimum Gasteiger partial charge on any atom is -0.756 e. The maximum absolute atomic E-state index is 12.8. The molecule has 0 aliphatic rings. The summed E-state index contributed by atoms with van der Waals surface area (Å²) in [6.45, 7) is 4.07. The van der Waals surface area contributed by atoms with E-state index in [1.54, 1.807) is 0 Å². The van der Waals surface area contributed by atoms with Crippen LogP contribution in [0.4, 0.5) is 0 Å². The Morgan fingerprint density at radius 2 is 0.731 bits per heavy atom. The van der Waals surface area contributed by atoms with Crippen LogP contribution in [-0.2, 0) is 32.7 Å². The van der Waals surface area contributed by atoms with Gasteiger partial charge < -0.3 is 27.9 Å². The SMILES string of the molecule is CC/C=C\C/C=C\C/C=C\C/C=C\C/C=C\C/C=C\C/C=C\CCCCCC(=O)OC(COC(=O)CCCCCCCCCCCCCCCC/C=C\C/C=C\C/C=C\CCCCCCC)COP(=O)([O-])OCC[N+](C)(C)C. The van der Waals surface area contributed by atoms with Crippen molar-refractivity contribution in [3.63, 3.8) is 0 Å². The molecule has 10 heteroatoms. The lowest BCUT2D eigenvalue weighted by Gasteiger charge is -2.28. The molecular formula is C68H116NO8P. The number of phosphoric ester groups is 1. The van der Waals surface area contributed by atoms with Gasteiger partial charge in [-0.15, -0.1) is 0 Å². The summed E-state index contributed by atoms with van der Waals surface area (Å²) in [4.78, 5) is 37.9. The Kier molecular flexibility index (Phi) is 55.4. The van der Waals surface area contributed by atoms with Crippen LogP contribution in [0.3, 0.4) is 0 Å². The van der Waals surface area contributed by atoms with Gasteiger partial charge in [-0.3, -0.25) is 14.2 Å². The molecule has 0 saturated carbocycles. The molecule has 0 rings (SSSR count). The number of esters is 2. The zero-order valence-electron chi connectivity index (χ0n) is 50.6. The first kappa shape index (κ1) is 74.4. The highest BCUT2D eigenvalue weighted by Crippen LogP contribution is 2.38. The van der Waals surface area contributed by atoms with E-state index in [0.29, 0.717) is 17.4 Å². The number of rotatable bonds is 56. The van der Waals surface area contributed by atoms with Crippen molar-refractivity contribution in [1.82, 2.24) is 0 Å². The minimum absolute atomic E-state index is 0.0441. The first-order valence-electron chi connectivity index (χ1n) is 31.2. The van der Waals surface area contributed by atoms with Gasteiger partial charge in [0.25, 0.3) is 7.82 Å². The minimum atomic E-state index is -4.66. The molecule has 0 N–H and O–H groups in total. The summed E-state index contributed by atoms with van der Waals surface area (Å²) in [5.41, 5.74) is 0. The van der Waals surface area contributed by atoms with Gasteiger partial charge in [0, 0.05) is 12.8 Å². The second-order valence-corrected chi connectivity index (χ2v) is 23.1. The van der Waals surface area contributed by atoms with Crippen molar-refractivity contribution in [1.29, 1.82) is 0 Å². The Morgan fingerprint density at radius 1 is 0.410 bits per heavy atom. The molecular weight excluding hydrogens is 990 g/mol. The fourth-order valence-corrected chi connectivity index (χ4v) is 8.90. The summed E-state index contributed by atoms with van der Waals surface area (Å²) in [5.74, 6) is -0.877. The third kappa shape index (κ3) is 61.6. The summed E-state index contributed by atoms with van der Waals surface area (Å²) in [6.07, 6.45) is 82.5. The van der Waals surface area contributed by atoms with Gasteiger partial charge >= 0.3 is 11.9 Å². The Labute approximate surface area is 479 Å². The molecule has 0 saturated heterocycles. The quantitative estimate of drug-likeness (QED) is 0.0195. The van der Waals surface area contributed by atoms with Gasteiger partial charge in [-0.2, -0.15) is 0 Å². The number of unbranched alkanes of at least 4 members (excludes halogenated alkanes) is 22. The number of carbonyl (C=O) groups excluding carboxylic acids is 2. The van der Waals surface area contributed by atoms with Crippen LogP contribution in [0.5, 0.6) is 0 Å². The van der Waals surface area contributed by atoms with Crippen LogP contribution in [0.25, 0.3) is 0 Å². The van der Waals surface area contributed by atoms with E-state index in [2.05, 4.69) is 135 Å². The van der Waals surface area contributed by atoms with E-state index in [9.17, 15) is 19.0 Å². The number of likely N-dealkylation sites (N-methyl/N-ethyl adjacent to an activating group) is 1. The number of hydrogen-bond acceptors (Lipinski definition) is 8. The molecule has 446 valence electrons. The second kappa shape index (κ2) is 58.1. The number of hydrogen-bond donors (Lipinski definition) is 0. The molecule has 0 aliphatic heterocycles. The van der Waals surface area contributed by atoms with E-state index in [-0.39, 0.29) is 26.1 Å². The van der Waals surface area contributed by atoms with Crippen LogP contribution < -0.4 is 4.89 Å². The van der Waals surface area contributed by atoms with E-state index in [1.807, 2.05) is 21.1 Å². The van der Waals surface area contributed by atoms with Crippen molar-refractivity contribution in [3.8, 4) is 0 Å². The maximum Gasteiger partial charge on any atom is 0.306 e. The van der Waals surface area contributed by atoms with Crippen LogP contribution >= 0.6 is 7.82 Å².